The van der Waals surface area contributed by atoms with E-state index in [4.69, 9.17) is 0 Å². The topological polar surface area (TPSA) is 0 Å². The van der Waals surface area contributed by atoms with Gasteiger partial charge >= 0.3 is 0 Å². The van der Waals surface area contributed by atoms with Gasteiger partial charge in [-0.2, -0.15) is 0 Å². The van der Waals surface area contributed by atoms with Crippen molar-refractivity contribution in [1.29, 1.82) is 0 Å². The van der Waals surface area contributed by atoms with Crippen molar-refractivity contribution in [3.8, 4) is 11.8 Å². The summed E-state index contributed by atoms with van der Waals surface area (Å²) < 4.78 is 0. The minimum Gasteiger partial charge on any atom is -0.0990 e. The predicted octanol–water partition coefficient (Wildman–Crippen LogP) is 3.09. The summed E-state index contributed by atoms with van der Waals surface area (Å²) in [4.78, 5) is 0. The van der Waals surface area contributed by atoms with Gasteiger partial charge in [-0.3, -0.25) is 0 Å². The molecule has 0 nitrogen and oxygen atoms in total. The molecular weight excluding hydrogens is 132 g/mol. The minimum atomic E-state index is 0.938. The Bertz CT molecular complexity index is 208. The standard InChI is InChI=1S/C11H14/c1-4-7-8-10-11(6-3)9-5-2/h5-6,9H,2-4,7H2,1H3/b11-9+. The lowest BCUT2D eigenvalue weighted by Gasteiger charge is -1.84. The third kappa shape index (κ3) is 5.24. The van der Waals surface area contributed by atoms with Crippen LogP contribution in [0, 0.1) is 11.8 Å². The average Bonchev–Trinajstić information content (AvgIpc) is 2.03. The molecule has 0 saturated heterocycles. The molecule has 0 unspecified atom stereocenters. The number of rotatable bonds is 3. The van der Waals surface area contributed by atoms with Crippen molar-refractivity contribution in [1.82, 2.24) is 0 Å². The maximum atomic E-state index is 3.64. The highest BCUT2D eigenvalue weighted by molar-refractivity contribution is 5.39. The molecule has 58 valence electrons. The largest absolute Gasteiger partial charge is 0.0990 e. The molecule has 0 atom stereocenters. The number of allylic oxidation sites excluding steroid dienone is 4. The van der Waals surface area contributed by atoms with Gasteiger partial charge in [0.2, 0.25) is 0 Å². The van der Waals surface area contributed by atoms with Crippen LogP contribution in [0.3, 0.4) is 0 Å². The van der Waals surface area contributed by atoms with Crippen molar-refractivity contribution in [2.75, 3.05) is 0 Å². The van der Waals surface area contributed by atoms with E-state index in [1.165, 1.54) is 0 Å². The molecule has 0 radical (unpaired) electrons. The Kier molecular flexibility index (Phi) is 6.13. The summed E-state index contributed by atoms with van der Waals surface area (Å²) in [6.07, 6.45) is 7.37. The minimum absolute atomic E-state index is 0.938. The smallest absolute Gasteiger partial charge is 0.0239 e. The number of hydrogen-bond acceptors (Lipinski definition) is 0. The first kappa shape index (κ1) is 9.78. The fourth-order valence-corrected chi connectivity index (χ4v) is 0.577. The molecule has 0 aliphatic heterocycles. The Morgan fingerprint density at radius 2 is 2.18 bits per heavy atom. The Morgan fingerprint density at radius 1 is 1.45 bits per heavy atom. The van der Waals surface area contributed by atoms with Crippen LogP contribution >= 0.6 is 0 Å². The summed E-state index contributed by atoms with van der Waals surface area (Å²) in [5.41, 5.74) is 0.938. The summed E-state index contributed by atoms with van der Waals surface area (Å²) in [7, 11) is 0. The highest BCUT2D eigenvalue weighted by Crippen LogP contribution is 1.93. The Labute approximate surface area is 69.3 Å². The van der Waals surface area contributed by atoms with Gasteiger partial charge < -0.3 is 0 Å². The zero-order valence-corrected chi connectivity index (χ0v) is 7.06. The van der Waals surface area contributed by atoms with Gasteiger partial charge in [-0.25, -0.2) is 0 Å². The van der Waals surface area contributed by atoms with Crippen LogP contribution in [0.5, 0.6) is 0 Å². The van der Waals surface area contributed by atoms with Crippen LogP contribution in [-0.4, -0.2) is 0 Å². The third-order valence-electron chi connectivity index (χ3n) is 1.13. The molecule has 0 aromatic rings. The first-order valence-corrected chi connectivity index (χ1v) is 3.79. The SMILES string of the molecule is C=C/C=C(/C#CCCC)C=C. The zero-order chi connectivity index (χ0) is 8.53. The van der Waals surface area contributed by atoms with Crippen LogP contribution in [0.4, 0.5) is 0 Å². The molecule has 11 heavy (non-hydrogen) atoms. The van der Waals surface area contributed by atoms with Crippen LogP contribution in [0.2, 0.25) is 0 Å². The summed E-state index contributed by atoms with van der Waals surface area (Å²) in [6.45, 7) is 9.34. The van der Waals surface area contributed by atoms with Gasteiger partial charge in [-0.1, -0.05) is 44.1 Å². The first-order valence-electron chi connectivity index (χ1n) is 3.79. The molecular formula is C11H14. The van der Waals surface area contributed by atoms with Gasteiger partial charge in [0.25, 0.3) is 0 Å². The summed E-state index contributed by atoms with van der Waals surface area (Å²) in [5.74, 6) is 6.03. The van der Waals surface area contributed by atoms with Gasteiger partial charge in [0.15, 0.2) is 0 Å². The summed E-state index contributed by atoms with van der Waals surface area (Å²) >= 11 is 0. The first-order chi connectivity index (χ1) is 5.35. The van der Waals surface area contributed by atoms with E-state index in [1.54, 1.807) is 12.2 Å². The van der Waals surface area contributed by atoms with E-state index in [2.05, 4.69) is 31.9 Å². The lowest BCUT2D eigenvalue weighted by Crippen LogP contribution is -1.69. The maximum absolute atomic E-state index is 3.64. The van der Waals surface area contributed by atoms with E-state index in [9.17, 15) is 0 Å². The second-order valence-corrected chi connectivity index (χ2v) is 2.11. The van der Waals surface area contributed by atoms with Crippen LogP contribution in [-0.2, 0) is 0 Å². The van der Waals surface area contributed by atoms with E-state index in [-0.39, 0.29) is 0 Å². The highest BCUT2D eigenvalue weighted by atomic mass is 13.8. The van der Waals surface area contributed by atoms with Crippen molar-refractivity contribution >= 4 is 0 Å². The molecule has 0 saturated carbocycles. The molecule has 0 bridgehead atoms. The molecule has 0 aliphatic carbocycles. The average molecular weight is 146 g/mol. The molecule has 0 heteroatoms. The van der Waals surface area contributed by atoms with E-state index in [0.717, 1.165) is 18.4 Å². The van der Waals surface area contributed by atoms with Crippen molar-refractivity contribution in [3.05, 3.63) is 37.0 Å². The van der Waals surface area contributed by atoms with E-state index < -0.39 is 0 Å². The molecule has 0 heterocycles. The second kappa shape index (κ2) is 6.89. The van der Waals surface area contributed by atoms with E-state index in [0.29, 0.717) is 0 Å². The summed E-state index contributed by atoms with van der Waals surface area (Å²) in [5, 5.41) is 0. The van der Waals surface area contributed by atoms with Crippen LogP contribution in [0.15, 0.2) is 37.0 Å². The number of unbranched alkanes of at least 4 members (excludes halogenated alkanes) is 1. The summed E-state index contributed by atoms with van der Waals surface area (Å²) in [6, 6.07) is 0. The Hall–Kier alpha value is -1.22. The van der Waals surface area contributed by atoms with E-state index >= 15 is 0 Å². The normalized spacial score (nSPS) is 9.73. The van der Waals surface area contributed by atoms with Gasteiger partial charge in [0.05, 0.1) is 0 Å². The fourth-order valence-electron chi connectivity index (χ4n) is 0.577. The van der Waals surface area contributed by atoms with Crippen LogP contribution in [0.1, 0.15) is 19.8 Å². The van der Waals surface area contributed by atoms with Crippen molar-refractivity contribution in [3.63, 3.8) is 0 Å². The highest BCUT2D eigenvalue weighted by Gasteiger charge is 1.78. The Balaban J connectivity index is 4.10. The molecule has 0 N–H and O–H groups in total. The fraction of sp³-hybridized carbons (Fsp3) is 0.273. The van der Waals surface area contributed by atoms with Crippen molar-refractivity contribution < 1.29 is 0 Å². The van der Waals surface area contributed by atoms with Gasteiger partial charge in [-0.15, -0.1) is 0 Å². The lowest BCUT2D eigenvalue weighted by atomic mass is 10.2. The van der Waals surface area contributed by atoms with Crippen LogP contribution < -0.4 is 0 Å². The lowest BCUT2D eigenvalue weighted by molar-refractivity contribution is 0.983. The van der Waals surface area contributed by atoms with Crippen LogP contribution in [0.25, 0.3) is 0 Å². The zero-order valence-electron chi connectivity index (χ0n) is 7.06. The molecule has 0 amide bonds. The predicted molar refractivity (Wildman–Crippen MR) is 51.2 cm³/mol. The molecule has 0 rings (SSSR count). The van der Waals surface area contributed by atoms with Gasteiger partial charge in [-0.05, 0) is 12.5 Å². The second-order valence-electron chi connectivity index (χ2n) is 2.11. The van der Waals surface area contributed by atoms with E-state index in [1.807, 2.05) is 6.08 Å². The molecule has 0 fully saturated rings. The Morgan fingerprint density at radius 3 is 2.64 bits per heavy atom. The molecule has 0 aromatic heterocycles. The monoisotopic (exact) mass is 146 g/mol. The van der Waals surface area contributed by atoms with Gasteiger partial charge in [0, 0.05) is 12.0 Å². The van der Waals surface area contributed by atoms with Crippen molar-refractivity contribution in [2.45, 2.75) is 19.8 Å². The maximum Gasteiger partial charge on any atom is 0.0239 e. The van der Waals surface area contributed by atoms with Crippen molar-refractivity contribution in [2.24, 2.45) is 0 Å². The molecule has 0 aromatic carbocycles. The molecule has 0 aliphatic rings. The quantitative estimate of drug-likeness (QED) is 0.424. The third-order valence-corrected chi connectivity index (χ3v) is 1.13. The molecule has 0 spiro atoms. The van der Waals surface area contributed by atoms with Gasteiger partial charge in [0.1, 0.15) is 0 Å². The number of hydrogen-bond donors (Lipinski definition) is 0.